The van der Waals surface area contributed by atoms with Gasteiger partial charge in [-0.15, -0.1) is 0 Å². The van der Waals surface area contributed by atoms with E-state index in [1.54, 1.807) is 0 Å². The van der Waals surface area contributed by atoms with Crippen molar-refractivity contribution in [3.63, 3.8) is 0 Å². The lowest BCUT2D eigenvalue weighted by Crippen LogP contribution is -2.19. The summed E-state index contributed by atoms with van der Waals surface area (Å²) in [6.07, 6.45) is 1.22. The van der Waals surface area contributed by atoms with Crippen LogP contribution in [0.25, 0.3) is 0 Å². The molecule has 0 amide bonds. The highest BCUT2D eigenvalue weighted by Crippen LogP contribution is 2.49. The third kappa shape index (κ3) is 1.51. The van der Waals surface area contributed by atoms with Crippen molar-refractivity contribution in [3.8, 4) is 0 Å². The van der Waals surface area contributed by atoms with Crippen LogP contribution in [0.4, 0.5) is 0 Å². The van der Waals surface area contributed by atoms with E-state index in [0.717, 1.165) is 0 Å². The molecule has 0 saturated heterocycles. The summed E-state index contributed by atoms with van der Waals surface area (Å²) in [6.45, 7) is 4.72. The van der Waals surface area contributed by atoms with Gasteiger partial charge in [-0.2, -0.15) is 0 Å². The molecule has 2 atom stereocenters. The molecule has 0 nitrogen and oxygen atoms in total. The molecule has 0 N–H and O–H groups in total. The van der Waals surface area contributed by atoms with Crippen LogP contribution in [0.2, 0.25) is 0 Å². The highest BCUT2D eigenvalue weighted by molar-refractivity contribution is 5.48. The Morgan fingerprint density at radius 2 is 1.59 bits per heavy atom. The summed E-state index contributed by atoms with van der Waals surface area (Å²) in [5.74, 6) is 0.663. The lowest BCUT2D eigenvalue weighted by Gasteiger charge is -2.26. The Morgan fingerprint density at radius 3 is 2.35 bits per heavy atom. The van der Waals surface area contributed by atoms with Crippen LogP contribution in [-0.4, -0.2) is 0 Å². The Kier molecular flexibility index (Phi) is 2.32. The molecule has 0 heterocycles. The van der Waals surface area contributed by atoms with Crippen molar-refractivity contribution >= 4 is 0 Å². The molecule has 0 radical (unpaired) electrons. The van der Waals surface area contributed by atoms with Crippen LogP contribution < -0.4 is 0 Å². The minimum Gasteiger partial charge on any atom is -0.0622 e. The molecule has 2 aromatic rings. The molecule has 1 aliphatic rings. The van der Waals surface area contributed by atoms with Gasteiger partial charge in [0, 0.05) is 5.41 Å². The fourth-order valence-electron chi connectivity index (χ4n) is 3.34. The van der Waals surface area contributed by atoms with Gasteiger partial charge in [-0.3, -0.25) is 0 Å². The van der Waals surface area contributed by atoms with E-state index in [1.807, 2.05) is 0 Å². The summed E-state index contributed by atoms with van der Waals surface area (Å²) in [5, 5.41) is 0. The van der Waals surface area contributed by atoms with Crippen LogP contribution in [0.1, 0.15) is 42.9 Å². The van der Waals surface area contributed by atoms with Crippen molar-refractivity contribution in [2.24, 2.45) is 0 Å². The third-order valence-electron chi connectivity index (χ3n) is 4.21. The Balaban J connectivity index is 2.18. The molecular weight excluding hydrogens is 204 g/mol. The van der Waals surface area contributed by atoms with E-state index in [2.05, 4.69) is 68.4 Å². The number of hydrogen-bond donors (Lipinski definition) is 0. The maximum Gasteiger partial charge on any atom is 0.0183 e. The van der Waals surface area contributed by atoms with E-state index in [4.69, 9.17) is 0 Å². The van der Waals surface area contributed by atoms with Crippen molar-refractivity contribution in [3.05, 3.63) is 71.3 Å². The first-order valence-corrected chi connectivity index (χ1v) is 6.37. The fraction of sp³-hybridized carbons (Fsp3) is 0.294. The lowest BCUT2D eigenvalue weighted by atomic mass is 9.77. The van der Waals surface area contributed by atoms with Crippen LogP contribution >= 0.6 is 0 Å². The largest absolute Gasteiger partial charge is 0.0622 e. The van der Waals surface area contributed by atoms with E-state index < -0.39 is 0 Å². The second-order valence-electron chi connectivity index (χ2n) is 5.39. The summed E-state index contributed by atoms with van der Waals surface area (Å²) in [7, 11) is 0. The zero-order valence-corrected chi connectivity index (χ0v) is 10.5. The van der Waals surface area contributed by atoms with Gasteiger partial charge in [0.25, 0.3) is 0 Å². The van der Waals surface area contributed by atoms with Crippen molar-refractivity contribution in [2.75, 3.05) is 0 Å². The molecule has 1 aliphatic carbocycles. The average Bonchev–Trinajstić information content (AvgIpc) is 2.65. The zero-order valence-electron chi connectivity index (χ0n) is 10.5. The number of rotatable bonds is 1. The summed E-state index contributed by atoms with van der Waals surface area (Å²) in [5.41, 5.74) is 4.67. The van der Waals surface area contributed by atoms with Crippen LogP contribution in [-0.2, 0) is 5.41 Å². The number of fused-ring (bicyclic) bond motifs is 1. The number of benzene rings is 2. The monoisotopic (exact) mass is 222 g/mol. The lowest BCUT2D eigenvalue weighted by molar-refractivity contribution is 0.526. The highest BCUT2D eigenvalue weighted by Gasteiger charge is 2.39. The van der Waals surface area contributed by atoms with Crippen LogP contribution in [0.3, 0.4) is 0 Å². The summed E-state index contributed by atoms with van der Waals surface area (Å²) < 4.78 is 0. The molecule has 0 aliphatic heterocycles. The topological polar surface area (TPSA) is 0 Å². The second-order valence-corrected chi connectivity index (χ2v) is 5.39. The minimum absolute atomic E-state index is 0.192. The molecule has 2 aromatic carbocycles. The predicted octanol–water partition coefficient (Wildman–Crippen LogP) is 4.50. The van der Waals surface area contributed by atoms with Crippen molar-refractivity contribution in [1.29, 1.82) is 0 Å². The smallest absolute Gasteiger partial charge is 0.0183 e. The Bertz CT molecular complexity index is 527. The summed E-state index contributed by atoms with van der Waals surface area (Å²) in [4.78, 5) is 0. The Morgan fingerprint density at radius 1 is 0.941 bits per heavy atom. The molecule has 17 heavy (non-hydrogen) atoms. The molecule has 2 unspecified atom stereocenters. The molecular formula is C17H18. The average molecular weight is 222 g/mol. The van der Waals surface area contributed by atoms with E-state index >= 15 is 0 Å². The summed E-state index contributed by atoms with van der Waals surface area (Å²) in [6, 6.07) is 19.8. The van der Waals surface area contributed by atoms with Crippen LogP contribution in [0.5, 0.6) is 0 Å². The van der Waals surface area contributed by atoms with Gasteiger partial charge in [0.05, 0.1) is 0 Å². The van der Waals surface area contributed by atoms with Gasteiger partial charge in [-0.1, -0.05) is 68.4 Å². The van der Waals surface area contributed by atoms with Crippen LogP contribution in [0.15, 0.2) is 54.6 Å². The first-order chi connectivity index (χ1) is 8.22. The van der Waals surface area contributed by atoms with Gasteiger partial charge in [0.2, 0.25) is 0 Å². The van der Waals surface area contributed by atoms with E-state index in [1.165, 1.54) is 23.1 Å². The predicted molar refractivity (Wildman–Crippen MR) is 72.4 cm³/mol. The molecule has 3 rings (SSSR count). The van der Waals surface area contributed by atoms with Gasteiger partial charge in [0.1, 0.15) is 0 Å². The van der Waals surface area contributed by atoms with Crippen LogP contribution in [0, 0.1) is 0 Å². The molecule has 0 fully saturated rings. The van der Waals surface area contributed by atoms with Gasteiger partial charge in [0.15, 0.2) is 0 Å². The zero-order chi connectivity index (χ0) is 11.9. The molecule has 0 aromatic heterocycles. The van der Waals surface area contributed by atoms with Gasteiger partial charge in [-0.05, 0) is 29.0 Å². The minimum atomic E-state index is 0.192. The Labute approximate surface area is 103 Å². The number of hydrogen-bond acceptors (Lipinski definition) is 0. The van der Waals surface area contributed by atoms with E-state index in [0.29, 0.717) is 5.92 Å². The Hall–Kier alpha value is -1.56. The second kappa shape index (κ2) is 3.73. The standard InChI is InChI=1S/C17H18/c1-13-12-17(2,14-8-4-3-5-9-14)16-11-7-6-10-15(13)16/h3-11,13H,12H2,1-2H3. The third-order valence-corrected chi connectivity index (χ3v) is 4.21. The van der Waals surface area contributed by atoms with E-state index in [-0.39, 0.29) is 5.41 Å². The van der Waals surface area contributed by atoms with Gasteiger partial charge >= 0.3 is 0 Å². The fourth-order valence-corrected chi connectivity index (χ4v) is 3.34. The molecule has 0 spiro atoms. The molecule has 0 heteroatoms. The maximum atomic E-state index is 2.38. The van der Waals surface area contributed by atoms with Crippen molar-refractivity contribution < 1.29 is 0 Å². The maximum absolute atomic E-state index is 2.38. The molecule has 86 valence electrons. The normalized spacial score (nSPS) is 26.8. The van der Waals surface area contributed by atoms with E-state index in [9.17, 15) is 0 Å². The van der Waals surface area contributed by atoms with Gasteiger partial charge < -0.3 is 0 Å². The molecule has 0 saturated carbocycles. The SMILES string of the molecule is CC1CC(C)(c2ccccc2)c2ccccc21. The molecule has 0 bridgehead atoms. The first-order valence-electron chi connectivity index (χ1n) is 6.37. The van der Waals surface area contributed by atoms with Crippen molar-refractivity contribution in [2.45, 2.75) is 31.6 Å². The highest BCUT2D eigenvalue weighted by atomic mass is 14.4. The first kappa shape index (κ1) is 10.6. The van der Waals surface area contributed by atoms with Gasteiger partial charge in [-0.25, -0.2) is 0 Å². The summed E-state index contributed by atoms with van der Waals surface area (Å²) >= 11 is 0. The van der Waals surface area contributed by atoms with Crippen molar-refractivity contribution in [1.82, 2.24) is 0 Å². The quantitative estimate of drug-likeness (QED) is 0.666.